The number of nitrogens with zero attached hydrogens (tertiary/aromatic N) is 1. The quantitative estimate of drug-likeness (QED) is 0.890. The highest BCUT2D eigenvalue weighted by molar-refractivity contribution is 5.83. The summed E-state index contributed by atoms with van der Waals surface area (Å²) in [6.07, 6.45) is 2.25. The lowest BCUT2D eigenvalue weighted by molar-refractivity contribution is 0.163. The van der Waals surface area contributed by atoms with Gasteiger partial charge in [-0.1, -0.05) is 36.4 Å². The van der Waals surface area contributed by atoms with Crippen molar-refractivity contribution >= 4 is 10.8 Å². The van der Waals surface area contributed by atoms with E-state index in [1.807, 2.05) is 0 Å². The van der Waals surface area contributed by atoms with Crippen LogP contribution in [-0.2, 0) is 0 Å². The summed E-state index contributed by atoms with van der Waals surface area (Å²) in [5.41, 5.74) is 7.39. The fourth-order valence-corrected chi connectivity index (χ4v) is 2.99. The van der Waals surface area contributed by atoms with Crippen molar-refractivity contribution in [2.24, 2.45) is 5.73 Å². The van der Waals surface area contributed by atoms with Gasteiger partial charge in [0, 0.05) is 25.2 Å². The molecular formula is C17H22N2. The van der Waals surface area contributed by atoms with Crippen LogP contribution in [0.1, 0.15) is 31.4 Å². The standard InChI is InChI=1S/C17H22N2/c1-13(19-10-8-17(18)9-11-19)15-7-6-14-4-2-3-5-16(14)12-15/h2-7,12-13,17H,8-11,18H2,1H3/t13-/m0/s1. The Morgan fingerprint density at radius 1 is 1.05 bits per heavy atom. The second kappa shape index (κ2) is 5.32. The molecule has 1 aliphatic heterocycles. The highest BCUT2D eigenvalue weighted by Gasteiger charge is 2.21. The predicted molar refractivity (Wildman–Crippen MR) is 81.1 cm³/mol. The molecule has 0 bridgehead atoms. The Hall–Kier alpha value is -1.38. The summed E-state index contributed by atoms with van der Waals surface area (Å²) in [5, 5.41) is 2.65. The van der Waals surface area contributed by atoms with Crippen molar-refractivity contribution in [3.05, 3.63) is 48.0 Å². The van der Waals surface area contributed by atoms with E-state index < -0.39 is 0 Å². The third kappa shape index (κ3) is 2.65. The molecule has 2 N–H and O–H groups in total. The highest BCUT2D eigenvalue weighted by atomic mass is 15.2. The van der Waals surface area contributed by atoms with Gasteiger partial charge in [-0.3, -0.25) is 4.90 Å². The molecule has 1 fully saturated rings. The first-order chi connectivity index (χ1) is 9.24. The van der Waals surface area contributed by atoms with E-state index in [2.05, 4.69) is 54.3 Å². The van der Waals surface area contributed by atoms with Crippen molar-refractivity contribution in [2.75, 3.05) is 13.1 Å². The topological polar surface area (TPSA) is 29.3 Å². The monoisotopic (exact) mass is 254 g/mol. The Morgan fingerprint density at radius 3 is 2.47 bits per heavy atom. The highest BCUT2D eigenvalue weighted by Crippen LogP contribution is 2.26. The van der Waals surface area contributed by atoms with Gasteiger partial charge in [-0.25, -0.2) is 0 Å². The summed E-state index contributed by atoms with van der Waals surface area (Å²) in [6.45, 7) is 4.55. The Morgan fingerprint density at radius 2 is 1.74 bits per heavy atom. The maximum Gasteiger partial charge on any atom is 0.0320 e. The predicted octanol–water partition coefficient (Wildman–Crippen LogP) is 3.32. The van der Waals surface area contributed by atoms with Gasteiger partial charge in [-0.05, 0) is 42.2 Å². The Labute approximate surface area is 115 Å². The molecule has 2 aromatic rings. The lowest BCUT2D eigenvalue weighted by Gasteiger charge is -2.35. The molecule has 1 heterocycles. The van der Waals surface area contributed by atoms with E-state index in [0.29, 0.717) is 12.1 Å². The van der Waals surface area contributed by atoms with E-state index in [1.165, 1.54) is 16.3 Å². The van der Waals surface area contributed by atoms with Gasteiger partial charge in [0.05, 0.1) is 0 Å². The molecule has 1 saturated heterocycles. The first-order valence-corrected chi connectivity index (χ1v) is 7.22. The summed E-state index contributed by atoms with van der Waals surface area (Å²) >= 11 is 0. The summed E-state index contributed by atoms with van der Waals surface area (Å²) < 4.78 is 0. The van der Waals surface area contributed by atoms with Crippen molar-refractivity contribution in [3.63, 3.8) is 0 Å². The largest absolute Gasteiger partial charge is 0.328 e. The lowest BCUT2D eigenvalue weighted by atomic mass is 9.98. The third-order valence-corrected chi connectivity index (χ3v) is 4.38. The molecule has 0 aromatic heterocycles. The first kappa shape index (κ1) is 12.6. The number of hydrogen-bond donors (Lipinski definition) is 1. The molecule has 2 heteroatoms. The van der Waals surface area contributed by atoms with Crippen molar-refractivity contribution in [1.82, 2.24) is 4.90 Å². The van der Waals surface area contributed by atoms with E-state index in [1.54, 1.807) is 0 Å². The average Bonchev–Trinajstić information content (AvgIpc) is 2.47. The number of hydrogen-bond acceptors (Lipinski definition) is 2. The zero-order valence-corrected chi connectivity index (χ0v) is 11.5. The molecule has 100 valence electrons. The third-order valence-electron chi connectivity index (χ3n) is 4.38. The zero-order valence-electron chi connectivity index (χ0n) is 11.5. The maximum atomic E-state index is 5.98. The van der Waals surface area contributed by atoms with Crippen LogP contribution >= 0.6 is 0 Å². The number of fused-ring (bicyclic) bond motifs is 1. The van der Waals surface area contributed by atoms with Gasteiger partial charge in [-0.15, -0.1) is 0 Å². The number of likely N-dealkylation sites (tertiary alicyclic amines) is 1. The summed E-state index contributed by atoms with van der Waals surface area (Å²) in [6, 6.07) is 16.3. The van der Waals surface area contributed by atoms with Crippen LogP contribution in [-0.4, -0.2) is 24.0 Å². The molecule has 0 amide bonds. The Bertz CT molecular complexity index is 556. The van der Waals surface area contributed by atoms with Gasteiger partial charge in [0.15, 0.2) is 0 Å². The van der Waals surface area contributed by atoms with Gasteiger partial charge in [0.1, 0.15) is 0 Å². The summed E-state index contributed by atoms with van der Waals surface area (Å²) in [4.78, 5) is 2.55. The van der Waals surface area contributed by atoms with E-state index in [4.69, 9.17) is 5.73 Å². The van der Waals surface area contributed by atoms with Gasteiger partial charge in [0.2, 0.25) is 0 Å². The van der Waals surface area contributed by atoms with Crippen molar-refractivity contribution in [2.45, 2.75) is 31.8 Å². The lowest BCUT2D eigenvalue weighted by Crippen LogP contribution is -2.40. The van der Waals surface area contributed by atoms with Gasteiger partial charge in [-0.2, -0.15) is 0 Å². The van der Waals surface area contributed by atoms with Crippen LogP contribution in [0, 0.1) is 0 Å². The molecule has 0 radical (unpaired) electrons. The van der Waals surface area contributed by atoms with Crippen molar-refractivity contribution in [3.8, 4) is 0 Å². The van der Waals surface area contributed by atoms with Gasteiger partial charge >= 0.3 is 0 Å². The van der Waals surface area contributed by atoms with E-state index >= 15 is 0 Å². The van der Waals surface area contributed by atoms with E-state index in [9.17, 15) is 0 Å². The molecule has 0 saturated carbocycles. The molecule has 2 nitrogen and oxygen atoms in total. The average molecular weight is 254 g/mol. The molecular weight excluding hydrogens is 232 g/mol. The minimum Gasteiger partial charge on any atom is -0.328 e. The fourth-order valence-electron chi connectivity index (χ4n) is 2.99. The molecule has 2 aromatic carbocycles. The summed E-state index contributed by atoms with van der Waals surface area (Å²) in [7, 11) is 0. The second-order valence-electron chi connectivity index (χ2n) is 5.66. The number of piperidine rings is 1. The van der Waals surface area contributed by atoms with Crippen LogP contribution in [0.3, 0.4) is 0 Å². The number of benzene rings is 2. The minimum atomic E-state index is 0.403. The fraction of sp³-hybridized carbons (Fsp3) is 0.412. The smallest absolute Gasteiger partial charge is 0.0320 e. The van der Waals surface area contributed by atoms with Crippen LogP contribution < -0.4 is 5.73 Å². The normalized spacial score (nSPS) is 19.7. The van der Waals surface area contributed by atoms with Crippen molar-refractivity contribution < 1.29 is 0 Å². The molecule has 1 atom stereocenters. The van der Waals surface area contributed by atoms with Crippen LogP contribution in [0.2, 0.25) is 0 Å². The Kier molecular flexibility index (Phi) is 3.54. The maximum absolute atomic E-state index is 5.98. The Balaban J connectivity index is 1.83. The zero-order chi connectivity index (χ0) is 13.2. The second-order valence-corrected chi connectivity index (χ2v) is 5.66. The van der Waals surface area contributed by atoms with E-state index in [0.717, 1.165) is 25.9 Å². The van der Waals surface area contributed by atoms with Gasteiger partial charge < -0.3 is 5.73 Å². The number of rotatable bonds is 2. The van der Waals surface area contributed by atoms with Crippen LogP contribution in [0.4, 0.5) is 0 Å². The van der Waals surface area contributed by atoms with Crippen LogP contribution in [0.15, 0.2) is 42.5 Å². The summed E-state index contributed by atoms with van der Waals surface area (Å²) in [5.74, 6) is 0. The molecule has 0 unspecified atom stereocenters. The molecule has 1 aliphatic rings. The molecule has 3 rings (SSSR count). The van der Waals surface area contributed by atoms with Crippen molar-refractivity contribution in [1.29, 1.82) is 0 Å². The van der Waals surface area contributed by atoms with Crippen LogP contribution in [0.25, 0.3) is 10.8 Å². The first-order valence-electron chi connectivity index (χ1n) is 7.22. The van der Waals surface area contributed by atoms with E-state index in [-0.39, 0.29) is 0 Å². The minimum absolute atomic E-state index is 0.403. The van der Waals surface area contributed by atoms with Gasteiger partial charge in [0.25, 0.3) is 0 Å². The SMILES string of the molecule is C[C@@H](c1ccc2ccccc2c1)N1CCC(N)CC1. The van der Waals surface area contributed by atoms with Crippen LogP contribution in [0.5, 0.6) is 0 Å². The number of nitrogens with two attached hydrogens (primary N) is 1. The molecule has 19 heavy (non-hydrogen) atoms. The molecule has 0 spiro atoms. The molecule has 0 aliphatic carbocycles.